The van der Waals surface area contributed by atoms with Gasteiger partial charge >= 0.3 is 5.69 Å². The average Bonchev–Trinajstić information content (AvgIpc) is 3.22. The molecule has 1 atom stereocenters. The van der Waals surface area contributed by atoms with Crippen molar-refractivity contribution >= 4 is 5.91 Å². The number of carbonyl (C=O) groups excluding carboxylic acids is 1. The molecule has 1 aromatic heterocycles. The normalized spacial score (nSPS) is 16.2. The number of piperidine rings is 1. The van der Waals surface area contributed by atoms with Gasteiger partial charge in [-0.25, -0.2) is 14.0 Å². The second-order valence-electron chi connectivity index (χ2n) is 8.65. The summed E-state index contributed by atoms with van der Waals surface area (Å²) in [6.07, 6.45) is 3.56. The van der Waals surface area contributed by atoms with E-state index in [-0.39, 0.29) is 23.7 Å². The van der Waals surface area contributed by atoms with E-state index in [9.17, 15) is 9.59 Å². The lowest BCUT2D eigenvalue weighted by molar-refractivity contribution is -0.126. The smallest absolute Gasteiger partial charge is 0.350 e. The largest absolute Gasteiger partial charge is 0.358 e. The monoisotopic (exact) mass is 433 g/mol. The van der Waals surface area contributed by atoms with Gasteiger partial charge in [0, 0.05) is 7.05 Å². The zero-order valence-corrected chi connectivity index (χ0v) is 18.9. The summed E-state index contributed by atoms with van der Waals surface area (Å²) in [7, 11) is 1.70. The van der Waals surface area contributed by atoms with Crippen LogP contribution in [0.15, 0.2) is 65.7 Å². The molecule has 1 aliphatic heterocycles. The molecule has 1 aliphatic rings. The summed E-state index contributed by atoms with van der Waals surface area (Å²) in [5.74, 6) is 0.475. The molecule has 3 aromatic rings. The summed E-state index contributed by atoms with van der Waals surface area (Å²) in [6.45, 7) is 5.61. The van der Waals surface area contributed by atoms with Gasteiger partial charge in [-0.1, -0.05) is 42.5 Å². The second kappa shape index (κ2) is 9.53. The van der Waals surface area contributed by atoms with E-state index in [1.165, 1.54) is 10.2 Å². The number of likely N-dealkylation sites (tertiary alicyclic amines) is 1. The lowest BCUT2D eigenvalue weighted by atomic mass is 9.88. The van der Waals surface area contributed by atoms with Crippen LogP contribution >= 0.6 is 0 Å². The molecular weight excluding hydrogens is 402 g/mol. The van der Waals surface area contributed by atoms with Crippen molar-refractivity contribution in [3.05, 3.63) is 82.5 Å². The van der Waals surface area contributed by atoms with E-state index >= 15 is 0 Å². The molecule has 4 rings (SSSR count). The van der Waals surface area contributed by atoms with Crippen LogP contribution in [0.4, 0.5) is 0 Å². The van der Waals surface area contributed by atoms with Crippen LogP contribution in [0.5, 0.6) is 0 Å². The number of hydrogen-bond donors (Lipinski definition) is 1. The fraction of sp³-hybridized carbons (Fsp3) is 0.400. The zero-order valence-electron chi connectivity index (χ0n) is 18.9. The highest BCUT2D eigenvalue weighted by molar-refractivity contribution is 5.82. The summed E-state index contributed by atoms with van der Waals surface area (Å²) in [5, 5.41) is 7.03. The molecule has 0 bridgehead atoms. The minimum absolute atomic E-state index is 0.0303. The Labute approximate surface area is 188 Å². The molecule has 7 heteroatoms. The van der Waals surface area contributed by atoms with Crippen LogP contribution in [-0.4, -0.2) is 45.3 Å². The average molecular weight is 434 g/mol. The molecule has 1 fully saturated rings. The second-order valence-corrected chi connectivity index (χ2v) is 8.65. The molecule has 1 N–H and O–H groups in total. The number of carbonyl (C=O) groups is 1. The number of rotatable bonds is 6. The van der Waals surface area contributed by atoms with Gasteiger partial charge in [0.25, 0.3) is 0 Å². The van der Waals surface area contributed by atoms with Crippen molar-refractivity contribution in [2.24, 2.45) is 0 Å². The maximum atomic E-state index is 12.6. The van der Waals surface area contributed by atoms with Crippen LogP contribution in [0, 0.1) is 0 Å². The van der Waals surface area contributed by atoms with Gasteiger partial charge in [0.2, 0.25) is 5.91 Å². The fourth-order valence-corrected chi connectivity index (χ4v) is 4.55. The van der Waals surface area contributed by atoms with E-state index in [1.54, 1.807) is 17.9 Å². The number of nitrogens with zero attached hydrogens (tertiary/aromatic N) is 4. The Balaban J connectivity index is 1.45. The maximum absolute atomic E-state index is 12.6. The van der Waals surface area contributed by atoms with Crippen LogP contribution in [0.25, 0.3) is 5.69 Å². The van der Waals surface area contributed by atoms with E-state index in [0.29, 0.717) is 5.92 Å². The van der Waals surface area contributed by atoms with Crippen molar-refractivity contribution < 1.29 is 4.79 Å². The summed E-state index contributed by atoms with van der Waals surface area (Å²) in [6, 6.07) is 18.0. The zero-order chi connectivity index (χ0) is 22.7. The molecule has 1 unspecified atom stereocenters. The Hall–Kier alpha value is -3.19. The third kappa shape index (κ3) is 4.39. The van der Waals surface area contributed by atoms with E-state index < -0.39 is 0 Å². The number of nitrogens with one attached hydrogen (secondary N) is 1. The molecule has 0 radical (unpaired) electrons. The summed E-state index contributed by atoms with van der Waals surface area (Å²) in [5.41, 5.74) is 3.00. The van der Waals surface area contributed by atoms with Gasteiger partial charge in [-0.2, -0.15) is 5.10 Å². The number of hydrogen-bond acceptors (Lipinski definition) is 4. The van der Waals surface area contributed by atoms with Gasteiger partial charge in [-0.3, -0.25) is 9.69 Å². The Kier molecular flexibility index (Phi) is 6.55. The van der Waals surface area contributed by atoms with E-state index in [2.05, 4.69) is 27.4 Å². The van der Waals surface area contributed by atoms with Gasteiger partial charge in [0.1, 0.15) is 12.4 Å². The standard InChI is InChI=1S/C25H31N5O2/c1-18(2)30-25(32)29(17-27-30)22-11-9-19(10-12-22)20-13-15-28(16-14-20)23(24(31)26-3)21-7-5-4-6-8-21/h4-12,17-18,20,23H,13-16H2,1-3H3,(H,26,31). The van der Waals surface area contributed by atoms with Gasteiger partial charge < -0.3 is 5.32 Å². The van der Waals surface area contributed by atoms with Gasteiger partial charge in [0.15, 0.2) is 0 Å². The van der Waals surface area contributed by atoms with E-state index in [4.69, 9.17) is 0 Å². The van der Waals surface area contributed by atoms with Crippen molar-refractivity contribution in [3.8, 4) is 5.69 Å². The highest BCUT2D eigenvalue weighted by atomic mass is 16.2. The number of aromatic nitrogens is 3. The molecule has 0 aliphatic carbocycles. The molecule has 0 spiro atoms. The SMILES string of the molecule is CNC(=O)C(c1ccccc1)N1CCC(c2ccc(-n3cnn(C(C)C)c3=O)cc2)CC1. The van der Waals surface area contributed by atoms with E-state index in [1.807, 2.05) is 56.3 Å². The molecular formula is C25H31N5O2. The molecule has 7 nitrogen and oxygen atoms in total. The predicted octanol–water partition coefficient (Wildman–Crippen LogP) is 3.28. The van der Waals surface area contributed by atoms with Crippen LogP contribution < -0.4 is 11.0 Å². The van der Waals surface area contributed by atoms with Crippen LogP contribution in [0.3, 0.4) is 0 Å². The van der Waals surface area contributed by atoms with Crippen molar-refractivity contribution in [2.45, 2.75) is 44.7 Å². The number of amides is 1. The van der Waals surface area contributed by atoms with Crippen molar-refractivity contribution in [2.75, 3.05) is 20.1 Å². The minimum Gasteiger partial charge on any atom is -0.358 e. The van der Waals surface area contributed by atoms with Gasteiger partial charge in [-0.05, 0) is 69.0 Å². The topological polar surface area (TPSA) is 72.2 Å². The van der Waals surface area contributed by atoms with Crippen molar-refractivity contribution in [3.63, 3.8) is 0 Å². The summed E-state index contributed by atoms with van der Waals surface area (Å²) in [4.78, 5) is 27.4. The van der Waals surface area contributed by atoms with Crippen molar-refractivity contribution in [1.82, 2.24) is 24.6 Å². The lowest BCUT2D eigenvalue weighted by Crippen LogP contribution is -2.43. The molecule has 0 saturated carbocycles. The highest BCUT2D eigenvalue weighted by Gasteiger charge is 2.31. The first-order valence-electron chi connectivity index (χ1n) is 11.3. The molecule has 1 saturated heterocycles. The molecule has 168 valence electrons. The van der Waals surface area contributed by atoms with E-state index in [0.717, 1.165) is 37.2 Å². The lowest BCUT2D eigenvalue weighted by Gasteiger charge is -2.37. The fourth-order valence-electron chi connectivity index (χ4n) is 4.55. The molecule has 32 heavy (non-hydrogen) atoms. The molecule has 2 aromatic carbocycles. The molecule has 2 heterocycles. The Bertz CT molecular complexity index is 1090. The molecule has 1 amide bonds. The summed E-state index contributed by atoms with van der Waals surface area (Å²) >= 11 is 0. The third-order valence-electron chi connectivity index (χ3n) is 6.33. The van der Waals surface area contributed by atoms with Crippen LogP contribution in [-0.2, 0) is 4.79 Å². The first kappa shape index (κ1) is 22.0. The Morgan fingerprint density at radius 3 is 2.25 bits per heavy atom. The Morgan fingerprint density at radius 2 is 1.69 bits per heavy atom. The first-order valence-corrected chi connectivity index (χ1v) is 11.3. The maximum Gasteiger partial charge on any atom is 0.350 e. The van der Waals surface area contributed by atoms with Gasteiger partial charge in [-0.15, -0.1) is 0 Å². The van der Waals surface area contributed by atoms with Crippen LogP contribution in [0.2, 0.25) is 0 Å². The summed E-state index contributed by atoms with van der Waals surface area (Å²) < 4.78 is 3.07. The van der Waals surface area contributed by atoms with Crippen molar-refractivity contribution in [1.29, 1.82) is 0 Å². The third-order valence-corrected chi connectivity index (χ3v) is 6.33. The first-order chi connectivity index (χ1) is 15.5. The van der Waals surface area contributed by atoms with Crippen LogP contribution in [0.1, 0.15) is 55.8 Å². The number of likely N-dealkylation sites (N-methyl/N-ethyl adjacent to an activating group) is 1. The highest BCUT2D eigenvalue weighted by Crippen LogP contribution is 2.32. The number of benzene rings is 2. The van der Waals surface area contributed by atoms with Gasteiger partial charge in [0.05, 0.1) is 11.7 Å². The Morgan fingerprint density at radius 1 is 1.03 bits per heavy atom. The minimum atomic E-state index is -0.256. The quantitative estimate of drug-likeness (QED) is 0.648. The predicted molar refractivity (Wildman–Crippen MR) is 125 cm³/mol.